The molecule has 0 amide bonds. The lowest BCUT2D eigenvalue weighted by molar-refractivity contribution is -0.140. The van der Waals surface area contributed by atoms with Gasteiger partial charge in [0.25, 0.3) is 0 Å². The number of benzene rings is 1. The van der Waals surface area contributed by atoms with Crippen molar-refractivity contribution in [3.63, 3.8) is 0 Å². The van der Waals surface area contributed by atoms with Gasteiger partial charge in [0.05, 0.1) is 25.5 Å². The first-order chi connectivity index (χ1) is 9.57. The fourth-order valence-corrected chi connectivity index (χ4v) is 2.15. The summed E-state index contributed by atoms with van der Waals surface area (Å²) in [4.78, 5) is 2.02. The highest BCUT2D eigenvalue weighted by Crippen LogP contribution is 2.33. The van der Waals surface area contributed by atoms with Crippen LogP contribution in [0.3, 0.4) is 0 Å². The van der Waals surface area contributed by atoms with Gasteiger partial charge in [0.1, 0.15) is 5.75 Å². The second-order valence-electron chi connectivity index (χ2n) is 5.18. The Labute approximate surface area is 118 Å². The van der Waals surface area contributed by atoms with Gasteiger partial charge in [-0.3, -0.25) is 0 Å². The first-order valence-electron chi connectivity index (χ1n) is 6.59. The van der Waals surface area contributed by atoms with E-state index in [0.717, 1.165) is 29.1 Å². The van der Waals surface area contributed by atoms with Crippen LogP contribution in [-0.4, -0.2) is 37.6 Å². The Morgan fingerprint density at radius 1 is 1.40 bits per heavy atom. The van der Waals surface area contributed by atoms with Gasteiger partial charge >= 0.3 is 0 Å². The van der Waals surface area contributed by atoms with Crippen LogP contribution < -0.4 is 9.64 Å². The summed E-state index contributed by atoms with van der Waals surface area (Å²) in [5.41, 5.74) is 1.82. The maximum Gasteiger partial charge on any atom is 0.172 e. The third-order valence-electron chi connectivity index (χ3n) is 3.56. The molecule has 1 aromatic carbocycles. The van der Waals surface area contributed by atoms with Crippen molar-refractivity contribution in [2.45, 2.75) is 12.0 Å². The smallest absolute Gasteiger partial charge is 0.172 e. The largest absolute Gasteiger partial charge is 0.491 e. The van der Waals surface area contributed by atoms with Crippen molar-refractivity contribution in [1.29, 1.82) is 0 Å². The molecule has 1 aromatic rings. The molecule has 4 nitrogen and oxygen atoms in total. The number of anilines is 1. The van der Waals surface area contributed by atoms with Crippen LogP contribution >= 0.6 is 0 Å². The van der Waals surface area contributed by atoms with Gasteiger partial charge in [-0.1, -0.05) is 18.4 Å². The SMILES string of the molecule is C=C1CCOc2ccc(C#CC3(O)COC3)cc2N1C. The van der Waals surface area contributed by atoms with E-state index in [0.29, 0.717) is 6.61 Å². The molecule has 1 fully saturated rings. The highest BCUT2D eigenvalue weighted by molar-refractivity contribution is 5.65. The van der Waals surface area contributed by atoms with Crippen molar-refractivity contribution in [3.05, 3.63) is 36.0 Å². The predicted molar refractivity (Wildman–Crippen MR) is 76.7 cm³/mol. The topological polar surface area (TPSA) is 41.9 Å². The summed E-state index contributed by atoms with van der Waals surface area (Å²) >= 11 is 0. The third kappa shape index (κ3) is 2.38. The van der Waals surface area contributed by atoms with Gasteiger partial charge < -0.3 is 19.5 Å². The van der Waals surface area contributed by atoms with Crippen LogP contribution in [0.4, 0.5) is 5.69 Å². The average Bonchev–Trinajstić information content (AvgIpc) is 2.55. The molecule has 1 N–H and O–H groups in total. The van der Waals surface area contributed by atoms with Gasteiger partial charge in [-0.25, -0.2) is 0 Å². The Bertz CT molecular complexity index is 608. The second-order valence-corrected chi connectivity index (χ2v) is 5.18. The monoisotopic (exact) mass is 271 g/mol. The average molecular weight is 271 g/mol. The maximum atomic E-state index is 9.90. The fraction of sp³-hybridized carbons (Fsp3) is 0.375. The van der Waals surface area contributed by atoms with E-state index < -0.39 is 5.60 Å². The van der Waals surface area contributed by atoms with Gasteiger partial charge in [0.2, 0.25) is 0 Å². The van der Waals surface area contributed by atoms with Gasteiger partial charge in [-0.05, 0) is 18.2 Å². The second kappa shape index (κ2) is 4.86. The normalized spacial score (nSPS) is 19.9. The van der Waals surface area contributed by atoms with E-state index in [1.165, 1.54) is 0 Å². The van der Waals surface area contributed by atoms with E-state index in [9.17, 15) is 5.11 Å². The zero-order valence-electron chi connectivity index (χ0n) is 11.5. The van der Waals surface area contributed by atoms with Gasteiger partial charge in [-0.15, -0.1) is 0 Å². The van der Waals surface area contributed by atoms with Crippen molar-refractivity contribution in [2.75, 3.05) is 31.8 Å². The molecule has 2 aliphatic rings. The highest BCUT2D eigenvalue weighted by atomic mass is 16.5. The van der Waals surface area contributed by atoms with Crippen LogP contribution in [0.25, 0.3) is 0 Å². The highest BCUT2D eigenvalue weighted by Gasteiger charge is 2.33. The number of ether oxygens (including phenoxy) is 2. The molecule has 2 aliphatic heterocycles. The van der Waals surface area contributed by atoms with Crippen LogP contribution in [0, 0.1) is 11.8 Å². The molecule has 1 saturated heterocycles. The predicted octanol–water partition coefficient (Wildman–Crippen LogP) is 1.53. The first kappa shape index (κ1) is 13.0. The molecule has 0 aliphatic carbocycles. The Morgan fingerprint density at radius 3 is 2.90 bits per heavy atom. The molecule has 104 valence electrons. The Hall–Kier alpha value is -1.96. The van der Waals surface area contributed by atoms with E-state index in [1.807, 2.05) is 30.1 Å². The third-order valence-corrected chi connectivity index (χ3v) is 3.56. The van der Waals surface area contributed by atoms with Crippen molar-refractivity contribution < 1.29 is 14.6 Å². The molecule has 0 saturated carbocycles. The summed E-state index contributed by atoms with van der Waals surface area (Å²) in [6, 6.07) is 5.77. The van der Waals surface area contributed by atoms with Crippen LogP contribution in [0.2, 0.25) is 0 Å². The molecule has 4 heteroatoms. The number of hydrogen-bond acceptors (Lipinski definition) is 4. The van der Waals surface area contributed by atoms with Crippen LogP contribution in [-0.2, 0) is 4.74 Å². The van der Waals surface area contributed by atoms with Crippen LogP contribution in [0.15, 0.2) is 30.5 Å². The summed E-state index contributed by atoms with van der Waals surface area (Å²) in [7, 11) is 1.97. The Kier molecular flexibility index (Phi) is 3.17. The van der Waals surface area contributed by atoms with Gasteiger partial charge in [-0.2, -0.15) is 0 Å². The number of hydrogen-bond donors (Lipinski definition) is 1. The van der Waals surface area contributed by atoms with Crippen LogP contribution in [0.1, 0.15) is 12.0 Å². The lowest BCUT2D eigenvalue weighted by Crippen LogP contribution is -2.48. The van der Waals surface area contributed by atoms with Crippen molar-refractivity contribution in [3.8, 4) is 17.6 Å². The van der Waals surface area contributed by atoms with Crippen LogP contribution in [0.5, 0.6) is 5.75 Å². The summed E-state index contributed by atoms with van der Waals surface area (Å²) in [5.74, 6) is 6.70. The molecule has 0 radical (unpaired) electrons. The molecule has 20 heavy (non-hydrogen) atoms. The van der Waals surface area contributed by atoms with Crippen molar-refractivity contribution >= 4 is 5.69 Å². The van der Waals surface area contributed by atoms with E-state index >= 15 is 0 Å². The lowest BCUT2D eigenvalue weighted by Gasteiger charge is -2.30. The number of fused-ring (bicyclic) bond motifs is 1. The Morgan fingerprint density at radius 2 is 2.20 bits per heavy atom. The summed E-state index contributed by atoms with van der Waals surface area (Å²) in [6.45, 7) is 5.25. The minimum absolute atomic E-state index is 0.283. The molecule has 3 rings (SSSR count). The molecule has 0 atom stereocenters. The first-order valence-corrected chi connectivity index (χ1v) is 6.59. The van der Waals surface area contributed by atoms with Gasteiger partial charge in [0, 0.05) is 24.7 Å². The van der Waals surface area contributed by atoms with E-state index in [1.54, 1.807) is 0 Å². The molecule has 2 heterocycles. The molecule has 0 spiro atoms. The zero-order chi connectivity index (χ0) is 14.2. The molecular weight excluding hydrogens is 254 g/mol. The molecular formula is C16H17NO3. The molecule has 0 aromatic heterocycles. The molecule has 0 bridgehead atoms. The lowest BCUT2D eigenvalue weighted by atomic mass is 10.0. The van der Waals surface area contributed by atoms with E-state index in [2.05, 4.69) is 18.4 Å². The summed E-state index contributed by atoms with van der Waals surface area (Å²) in [6.07, 6.45) is 0.809. The summed E-state index contributed by atoms with van der Waals surface area (Å²) in [5, 5.41) is 9.90. The Balaban J connectivity index is 1.91. The number of aliphatic hydroxyl groups is 1. The van der Waals surface area contributed by atoms with E-state index in [-0.39, 0.29) is 13.2 Å². The van der Waals surface area contributed by atoms with Crippen molar-refractivity contribution in [2.24, 2.45) is 0 Å². The molecule has 0 unspecified atom stereocenters. The van der Waals surface area contributed by atoms with Crippen molar-refractivity contribution in [1.82, 2.24) is 0 Å². The standard InChI is InChI=1S/C16H17NO3/c1-12-6-8-20-15-4-3-13(9-14(15)17(12)2)5-7-16(18)10-19-11-16/h3-4,9,18H,1,6,8,10-11H2,2H3. The minimum atomic E-state index is -0.987. The minimum Gasteiger partial charge on any atom is -0.491 e. The quantitative estimate of drug-likeness (QED) is 0.727. The van der Waals surface area contributed by atoms with Gasteiger partial charge in [0.15, 0.2) is 5.60 Å². The number of rotatable bonds is 0. The zero-order valence-corrected chi connectivity index (χ0v) is 11.5. The maximum absolute atomic E-state index is 9.90. The fourth-order valence-electron chi connectivity index (χ4n) is 2.15. The number of nitrogens with zero attached hydrogens (tertiary/aromatic N) is 1. The summed E-state index contributed by atoms with van der Waals surface area (Å²) < 4.78 is 10.7. The van der Waals surface area contributed by atoms with E-state index in [4.69, 9.17) is 9.47 Å².